The molecule has 1 unspecified atom stereocenters. The van der Waals surface area contributed by atoms with Gasteiger partial charge in [-0.25, -0.2) is 19.3 Å². The minimum absolute atomic E-state index is 0.0214. The molecule has 1 fully saturated rings. The number of H-pyrrole nitrogens is 1. The molecule has 1 aromatic carbocycles. The Morgan fingerprint density at radius 3 is 2.88 bits per heavy atom. The largest absolute Gasteiger partial charge is 0.459 e. The van der Waals surface area contributed by atoms with Crippen molar-refractivity contribution >= 4 is 40.1 Å². The molecular formula is C28H30FN11O2. The van der Waals surface area contributed by atoms with Crippen molar-refractivity contribution in [1.29, 1.82) is 0 Å². The molecule has 0 radical (unpaired) electrons. The van der Waals surface area contributed by atoms with Gasteiger partial charge in [0.1, 0.15) is 6.10 Å². The second-order valence-electron chi connectivity index (χ2n) is 10.3. The molecule has 5 aromatic rings. The Labute approximate surface area is 240 Å². The summed E-state index contributed by atoms with van der Waals surface area (Å²) in [5, 5.41) is 11.5. The van der Waals surface area contributed by atoms with E-state index in [1.54, 1.807) is 10.9 Å². The van der Waals surface area contributed by atoms with Crippen LogP contribution in [0.25, 0.3) is 22.2 Å². The van der Waals surface area contributed by atoms with Crippen molar-refractivity contribution in [2.24, 2.45) is 7.05 Å². The maximum atomic E-state index is 13.3. The predicted molar refractivity (Wildman–Crippen MR) is 156 cm³/mol. The first-order chi connectivity index (χ1) is 20.2. The Bertz CT molecular complexity index is 1760. The quantitative estimate of drug-likeness (QED) is 0.217. The first-order valence-electron chi connectivity index (χ1n) is 13.4. The van der Waals surface area contributed by atoms with Crippen molar-refractivity contribution in [2.45, 2.75) is 26.4 Å². The van der Waals surface area contributed by atoms with Crippen molar-refractivity contribution in [3.63, 3.8) is 0 Å². The number of likely N-dealkylation sites (tertiary alicyclic amines) is 1. The number of hydrogen-bond acceptors (Lipinski definition) is 10. The zero-order valence-corrected chi connectivity index (χ0v) is 23.3. The van der Waals surface area contributed by atoms with E-state index in [0.717, 1.165) is 39.6 Å². The van der Waals surface area contributed by atoms with E-state index in [0.29, 0.717) is 37.0 Å². The molecule has 1 aliphatic rings. The zero-order chi connectivity index (χ0) is 29.4. The number of aromatic nitrogens is 7. The van der Waals surface area contributed by atoms with Crippen LogP contribution in [0.4, 0.5) is 27.7 Å². The third kappa shape index (κ3) is 5.56. The molecule has 14 heteroatoms. The smallest absolute Gasteiger partial charge is 0.318 e. The summed E-state index contributed by atoms with van der Waals surface area (Å²) in [6.45, 7) is 5.28. The number of anilines is 4. The fourth-order valence-corrected chi connectivity index (χ4v) is 4.96. The van der Waals surface area contributed by atoms with Crippen molar-refractivity contribution < 1.29 is 13.9 Å². The van der Waals surface area contributed by atoms with Crippen molar-refractivity contribution in [3.05, 3.63) is 59.9 Å². The molecule has 4 aromatic heterocycles. The van der Waals surface area contributed by atoms with Crippen LogP contribution in [0.15, 0.2) is 42.9 Å². The van der Waals surface area contributed by atoms with Crippen molar-refractivity contribution in [2.75, 3.05) is 36.0 Å². The molecule has 216 valence electrons. The van der Waals surface area contributed by atoms with Gasteiger partial charge < -0.3 is 26.1 Å². The van der Waals surface area contributed by atoms with Gasteiger partial charge in [0.15, 0.2) is 17.5 Å². The highest BCUT2D eigenvalue weighted by molar-refractivity contribution is 6.06. The zero-order valence-electron chi connectivity index (χ0n) is 23.3. The van der Waals surface area contributed by atoms with Crippen LogP contribution >= 0.6 is 0 Å². The number of hydrogen-bond donors (Lipinski definition) is 4. The molecule has 1 amide bonds. The van der Waals surface area contributed by atoms with Crippen LogP contribution in [0.3, 0.4) is 0 Å². The molecule has 13 nitrogen and oxygen atoms in total. The number of halogens is 1. The van der Waals surface area contributed by atoms with E-state index in [1.807, 2.05) is 56.3 Å². The van der Waals surface area contributed by atoms with E-state index in [-0.39, 0.29) is 30.4 Å². The third-order valence-corrected chi connectivity index (χ3v) is 7.19. The highest BCUT2D eigenvalue weighted by Gasteiger charge is 2.27. The Balaban J connectivity index is 1.13. The molecule has 1 atom stereocenters. The van der Waals surface area contributed by atoms with Gasteiger partial charge in [0.05, 0.1) is 29.6 Å². The van der Waals surface area contributed by atoms with Crippen molar-refractivity contribution in [1.82, 2.24) is 39.6 Å². The highest BCUT2D eigenvalue weighted by Crippen LogP contribution is 2.33. The summed E-state index contributed by atoms with van der Waals surface area (Å²) in [6, 6.07) is 7.69. The first kappa shape index (κ1) is 27.1. The van der Waals surface area contributed by atoms with Gasteiger partial charge in [0.2, 0.25) is 11.9 Å². The number of carbonyl (C=O) groups is 1. The maximum Gasteiger partial charge on any atom is 0.318 e. The number of para-hydroxylation sites is 1. The standard InChI is InChI=1S/C28H30FN11O2/c1-15-10-32-27(35-22-9-16(2)39(3)38-22)36-24(15)19-11-31-25-18(19)5-4-6-21(25)34-23(41)14-40-8-7-17(13-40)42-28-33-12-20(29)26(30)37-28/h4-6,9-12,17,31H,7-8,13-14H2,1-3H3,(H,34,41)(H2,30,33,37)(H,32,35,36,38). The van der Waals surface area contributed by atoms with Gasteiger partial charge in [-0.05, 0) is 31.9 Å². The lowest BCUT2D eigenvalue weighted by Crippen LogP contribution is -2.33. The van der Waals surface area contributed by atoms with E-state index < -0.39 is 5.82 Å². The Kier molecular flexibility index (Phi) is 7.12. The molecule has 0 aliphatic carbocycles. The van der Waals surface area contributed by atoms with Crippen LogP contribution in [-0.2, 0) is 11.8 Å². The highest BCUT2D eigenvalue weighted by atomic mass is 19.1. The number of rotatable bonds is 8. The topological polar surface area (TPSA) is 165 Å². The molecule has 5 heterocycles. The summed E-state index contributed by atoms with van der Waals surface area (Å²) in [5.74, 6) is -0.00630. The number of nitrogens with one attached hydrogen (secondary N) is 3. The number of fused-ring (bicyclic) bond motifs is 1. The fourth-order valence-electron chi connectivity index (χ4n) is 4.96. The lowest BCUT2D eigenvalue weighted by molar-refractivity contribution is -0.117. The Morgan fingerprint density at radius 2 is 2.10 bits per heavy atom. The average molecular weight is 572 g/mol. The van der Waals surface area contributed by atoms with E-state index in [2.05, 4.69) is 35.7 Å². The second-order valence-corrected chi connectivity index (χ2v) is 10.3. The third-order valence-electron chi connectivity index (χ3n) is 7.19. The van der Waals surface area contributed by atoms with Gasteiger partial charge >= 0.3 is 6.01 Å². The summed E-state index contributed by atoms with van der Waals surface area (Å²) < 4.78 is 20.8. The molecule has 5 N–H and O–H groups in total. The minimum atomic E-state index is -0.694. The number of benzene rings is 1. The van der Waals surface area contributed by atoms with Gasteiger partial charge in [0.25, 0.3) is 0 Å². The minimum Gasteiger partial charge on any atom is -0.459 e. The number of carbonyl (C=O) groups excluding carboxylic acids is 1. The second kappa shape index (κ2) is 11.0. The van der Waals surface area contributed by atoms with E-state index >= 15 is 0 Å². The fraction of sp³-hybridized carbons (Fsp3) is 0.286. The summed E-state index contributed by atoms with van der Waals surface area (Å²) >= 11 is 0. The van der Waals surface area contributed by atoms with E-state index in [9.17, 15) is 9.18 Å². The number of nitrogen functional groups attached to an aromatic ring is 1. The molecule has 42 heavy (non-hydrogen) atoms. The van der Waals surface area contributed by atoms with Crippen LogP contribution in [0.1, 0.15) is 17.7 Å². The SMILES string of the molecule is Cc1cnc(Nc2cc(C)n(C)n2)nc1-c1c[nH]c2c(NC(=O)CN3CCC(Oc4ncc(F)c(N)n4)C3)cccc12. The molecule has 6 rings (SSSR count). The molecule has 0 bridgehead atoms. The molecule has 1 saturated heterocycles. The summed E-state index contributed by atoms with van der Waals surface area (Å²) in [5.41, 5.74) is 10.5. The lowest BCUT2D eigenvalue weighted by atomic mass is 10.1. The molecule has 1 aliphatic heterocycles. The lowest BCUT2D eigenvalue weighted by Gasteiger charge is -2.16. The number of ether oxygens (including phenoxy) is 1. The van der Waals surface area contributed by atoms with E-state index in [1.165, 1.54) is 0 Å². The van der Waals surface area contributed by atoms with Crippen LogP contribution in [0.2, 0.25) is 0 Å². The van der Waals surface area contributed by atoms with Gasteiger partial charge in [-0.3, -0.25) is 14.4 Å². The maximum absolute atomic E-state index is 13.3. The number of nitrogens with two attached hydrogens (primary N) is 1. The Morgan fingerprint density at radius 1 is 1.24 bits per heavy atom. The van der Waals surface area contributed by atoms with E-state index in [4.69, 9.17) is 15.5 Å². The molecular weight excluding hydrogens is 541 g/mol. The van der Waals surface area contributed by atoms with Crippen molar-refractivity contribution in [3.8, 4) is 17.3 Å². The van der Waals surface area contributed by atoms with Crippen LogP contribution in [0.5, 0.6) is 6.01 Å². The predicted octanol–water partition coefficient (Wildman–Crippen LogP) is 3.32. The Hall–Kier alpha value is -5.11. The normalized spacial score (nSPS) is 15.3. The van der Waals surface area contributed by atoms with Gasteiger partial charge in [-0.15, -0.1) is 0 Å². The summed E-state index contributed by atoms with van der Waals surface area (Å²) in [4.78, 5) is 35.1. The number of aromatic amines is 1. The summed E-state index contributed by atoms with van der Waals surface area (Å²) in [6.07, 6.45) is 5.09. The monoisotopic (exact) mass is 571 g/mol. The van der Waals surface area contributed by atoms with Gasteiger partial charge in [-0.1, -0.05) is 12.1 Å². The number of amides is 1. The van der Waals surface area contributed by atoms with Gasteiger partial charge in [-0.2, -0.15) is 10.1 Å². The van der Waals surface area contributed by atoms with Gasteiger partial charge in [0, 0.05) is 55.2 Å². The molecule has 0 spiro atoms. The van der Waals surface area contributed by atoms with Crippen LogP contribution < -0.4 is 21.1 Å². The first-order valence-corrected chi connectivity index (χ1v) is 13.4. The number of nitrogens with zero attached hydrogens (tertiary/aromatic N) is 7. The number of aryl methyl sites for hydroxylation is 3. The molecule has 0 saturated carbocycles. The van der Waals surface area contributed by atoms with Crippen LogP contribution in [0, 0.1) is 19.7 Å². The van der Waals surface area contributed by atoms with Crippen LogP contribution in [-0.4, -0.2) is 71.2 Å². The average Bonchev–Trinajstić information content (AvgIpc) is 3.66. The summed E-state index contributed by atoms with van der Waals surface area (Å²) in [7, 11) is 1.88.